The van der Waals surface area contributed by atoms with Crippen molar-refractivity contribution in [2.24, 2.45) is 5.73 Å². The number of rotatable bonds is 2. The number of hydrogen-bond acceptors (Lipinski definition) is 3. The van der Waals surface area contributed by atoms with Crippen molar-refractivity contribution in [3.05, 3.63) is 59.2 Å². The predicted molar refractivity (Wildman–Crippen MR) is 74.5 cm³/mol. The molecule has 0 radical (unpaired) electrons. The molecule has 0 aromatic heterocycles. The first-order valence-corrected chi connectivity index (χ1v) is 6.49. The van der Waals surface area contributed by atoms with Gasteiger partial charge in [0.2, 0.25) is 0 Å². The van der Waals surface area contributed by atoms with Crippen molar-refractivity contribution in [3.63, 3.8) is 0 Å². The van der Waals surface area contributed by atoms with Crippen LogP contribution < -0.4 is 10.5 Å². The Morgan fingerprint density at radius 1 is 1.21 bits per heavy atom. The van der Waals surface area contributed by atoms with Gasteiger partial charge >= 0.3 is 0 Å². The van der Waals surface area contributed by atoms with Crippen LogP contribution in [0, 0.1) is 0 Å². The zero-order chi connectivity index (χ0) is 13.2. The Hall–Kier alpha value is -2.00. The Kier molecular flexibility index (Phi) is 3.13. The second-order valence-electron chi connectivity index (χ2n) is 5.03. The smallest absolute Gasteiger partial charge is 0.123 e. The van der Waals surface area contributed by atoms with Gasteiger partial charge in [-0.25, -0.2) is 0 Å². The van der Waals surface area contributed by atoms with Gasteiger partial charge in [0.1, 0.15) is 18.1 Å². The summed E-state index contributed by atoms with van der Waals surface area (Å²) in [7, 11) is 0. The monoisotopic (exact) mass is 255 g/mol. The van der Waals surface area contributed by atoms with Gasteiger partial charge in [0.25, 0.3) is 0 Å². The zero-order valence-corrected chi connectivity index (χ0v) is 10.7. The minimum Gasteiger partial charge on any atom is -0.508 e. The Balaban J connectivity index is 1.91. The third kappa shape index (κ3) is 2.56. The van der Waals surface area contributed by atoms with E-state index in [0.717, 1.165) is 23.3 Å². The average Bonchev–Trinajstić information content (AvgIpc) is 2.41. The molecule has 1 aliphatic heterocycles. The number of phenolic OH excluding ortho intramolecular Hbond substituents is 1. The fourth-order valence-corrected chi connectivity index (χ4v) is 2.44. The number of hydrogen-bond donors (Lipinski definition) is 2. The highest BCUT2D eigenvalue weighted by molar-refractivity contribution is 5.48. The van der Waals surface area contributed by atoms with Crippen LogP contribution in [0.25, 0.3) is 0 Å². The summed E-state index contributed by atoms with van der Waals surface area (Å²) in [6, 6.07) is 13.8. The second-order valence-corrected chi connectivity index (χ2v) is 5.03. The molecular weight excluding hydrogens is 238 g/mol. The maximum absolute atomic E-state index is 10.1. The molecule has 19 heavy (non-hydrogen) atoms. The van der Waals surface area contributed by atoms with Gasteiger partial charge < -0.3 is 15.6 Å². The number of aromatic hydroxyl groups is 1. The molecule has 0 saturated heterocycles. The lowest BCUT2D eigenvalue weighted by molar-refractivity contribution is 0.262. The second kappa shape index (κ2) is 4.94. The van der Waals surface area contributed by atoms with Crippen molar-refractivity contribution in [2.45, 2.75) is 18.9 Å². The summed E-state index contributed by atoms with van der Waals surface area (Å²) >= 11 is 0. The lowest BCUT2D eigenvalue weighted by atomic mass is 9.97. The van der Waals surface area contributed by atoms with Crippen LogP contribution in [0.1, 0.15) is 16.7 Å². The third-order valence-corrected chi connectivity index (χ3v) is 3.43. The zero-order valence-electron chi connectivity index (χ0n) is 10.7. The molecule has 1 heterocycles. The molecule has 0 saturated carbocycles. The van der Waals surface area contributed by atoms with Crippen LogP contribution in [-0.2, 0) is 12.8 Å². The molecular formula is C16H17NO2. The van der Waals surface area contributed by atoms with Crippen LogP contribution in [0.4, 0.5) is 0 Å². The molecule has 2 aromatic carbocycles. The van der Waals surface area contributed by atoms with Gasteiger partial charge in [-0.3, -0.25) is 0 Å². The molecule has 1 aliphatic rings. The van der Waals surface area contributed by atoms with Crippen LogP contribution in [0.15, 0.2) is 42.5 Å². The van der Waals surface area contributed by atoms with Crippen molar-refractivity contribution in [3.8, 4) is 11.5 Å². The minimum absolute atomic E-state index is 0.0203. The van der Waals surface area contributed by atoms with Gasteiger partial charge in [0.15, 0.2) is 0 Å². The minimum atomic E-state index is 0.0203. The summed E-state index contributed by atoms with van der Waals surface area (Å²) in [6.07, 6.45) is 1.46. The summed E-state index contributed by atoms with van der Waals surface area (Å²) in [6.45, 7) is 0.544. The van der Waals surface area contributed by atoms with E-state index in [2.05, 4.69) is 12.1 Å². The van der Waals surface area contributed by atoms with E-state index in [4.69, 9.17) is 10.5 Å². The molecule has 3 rings (SSSR count). The number of benzene rings is 2. The number of fused-ring (bicyclic) bond motifs is 1. The van der Waals surface area contributed by atoms with Crippen LogP contribution in [0.3, 0.4) is 0 Å². The summed E-state index contributed by atoms with van der Waals surface area (Å²) < 4.78 is 5.63. The van der Waals surface area contributed by atoms with Gasteiger partial charge in [-0.2, -0.15) is 0 Å². The SMILES string of the molecule is N[C@H]1COc2cc(Cc3ccccc3)c(O)cc2C1. The highest BCUT2D eigenvalue weighted by Gasteiger charge is 2.19. The van der Waals surface area contributed by atoms with Gasteiger partial charge in [0.05, 0.1) is 0 Å². The lowest BCUT2D eigenvalue weighted by Gasteiger charge is -2.23. The molecule has 3 nitrogen and oxygen atoms in total. The average molecular weight is 255 g/mol. The molecule has 0 unspecified atom stereocenters. The van der Waals surface area contributed by atoms with Crippen LogP contribution in [-0.4, -0.2) is 17.8 Å². The van der Waals surface area contributed by atoms with E-state index in [1.54, 1.807) is 6.07 Å². The maximum Gasteiger partial charge on any atom is 0.123 e. The van der Waals surface area contributed by atoms with Crippen molar-refractivity contribution >= 4 is 0 Å². The standard InChI is InChI=1S/C16H17NO2/c17-14-7-13-8-15(18)12(9-16(13)19-10-14)6-11-4-2-1-3-5-11/h1-5,8-9,14,18H,6-7,10,17H2/t14-/m1/s1. The van der Waals surface area contributed by atoms with E-state index < -0.39 is 0 Å². The van der Waals surface area contributed by atoms with Crippen molar-refractivity contribution in [2.75, 3.05) is 6.61 Å². The number of ether oxygens (including phenoxy) is 1. The fourth-order valence-electron chi connectivity index (χ4n) is 2.44. The summed E-state index contributed by atoms with van der Waals surface area (Å²) in [4.78, 5) is 0. The van der Waals surface area contributed by atoms with Crippen molar-refractivity contribution < 1.29 is 9.84 Å². The van der Waals surface area contributed by atoms with Crippen molar-refractivity contribution in [1.82, 2.24) is 0 Å². The first kappa shape index (κ1) is 12.1. The van der Waals surface area contributed by atoms with E-state index in [0.29, 0.717) is 18.8 Å². The normalized spacial score (nSPS) is 17.6. The molecule has 0 amide bonds. The Morgan fingerprint density at radius 2 is 2.00 bits per heavy atom. The number of phenols is 1. The molecule has 2 aromatic rings. The largest absolute Gasteiger partial charge is 0.508 e. The van der Waals surface area contributed by atoms with Crippen LogP contribution >= 0.6 is 0 Å². The Morgan fingerprint density at radius 3 is 2.79 bits per heavy atom. The maximum atomic E-state index is 10.1. The molecule has 0 aliphatic carbocycles. The highest BCUT2D eigenvalue weighted by atomic mass is 16.5. The van der Waals surface area contributed by atoms with Gasteiger partial charge in [0, 0.05) is 18.0 Å². The van der Waals surface area contributed by atoms with Gasteiger partial charge in [-0.15, -0.1) is 0 Å². The first-order chi connectivity index (χ1) is 9.22. The molecule has 3 N–H and O–H groups in total. The lowest BCUT2D eigenvalue weighted by Crippen LogP contribution is -2.33. The first-order valence-electron chi connectivity index (χ1n) is 6.49. The quantitative estimate of drug-likeness (QED) is 0.865. The van der Waals surface area contributed by atoms with E-state index in [-0.39, 0.29) is 6.04 Å². The highest BCUT2D eigenvalue weighted by Crippen LogP contribution is 2.32. The third-order valence-electron chi connectivity index (χ3n) is 3.43. The van der Waals surface area contributed by atoms with E-state index in [9.17, 15) is 5.11 Å². The summed E-state index contributed by atoms with van der Waals surface area (Å²) in [5.41, 5.74) is 8.91. The fraction of sp³-hybridized carbons (Fsp3) is 0.250. The Labute approximate surface area is 112 Å². The molecule has 98 valence electrons. The summed E-state index contributed by atoms with van der Waals surface area (Å²) in [5, 5.41) is 10.1. The number of nitrogens with two attached hydrogens (primary N) is 1. The molecule has 1 atom stereocenters. The van der Waals surface area contributed by atoms with E-state index in [1.807, 2.05) is 24.3 Å². The molecule has 0 bridgehead atoms. The molecule has 0 spiro atoms. The van der Waals surface area contributed by atoms with Gasteiger partial charge in [-0.05, 0) is 29.7 Å². The van der Waals surface area contributed by atoms with Crippen LogP contribution in [0.5, 0.6) is 11.5 Å². The predicted octanol–water partition coefficient (Wildman–Crippen LogP) is 2.25. The molecule has 0 fully saturated rings. The van der Waals surface area contributed by atoms with Crippen LogP contribution in [0.2, 0.25) is 0 Å². The van der Waals surface area contributed by atoms with Crippen molar-refractivity contribution in [1.29, 1.82) is 0 Å². The Bertz CT molecular complexity index is 581. The summed E-state index contributed by atoms with van der Waals surface area (Å²) in [5.74, 6) is 1.17. The van der Waals surface area contributed by atoms with E-state index >= 15 is 0 Å². The molecule has 3 heteroatoms. The topological polar surface area (TPSA) is 55.5 Å². The van der Waals surface area contributed by atoms with E-state index in [1.165, 1.54) is 5.56 Å². The van der Waals surface area contributed by atoms with Gasteiger partial charge in [-0.1, -0.05) is 30.3 Å².